The maximum Gasteiger partial charge on any atom is 0.134 e. The number of rotatable bonds is 4. The molecule has 0 saturated heterocycles. The van der Waals surface area contributed by atoms with Gasteiger partial charge in [0.15, 0.2) is 0 Å². The smallest absolute Gasteiger partial charge is 0.134 e. The summed E-state index contributed by atoms with van der Waals surface area (Å²) in [5, 5.41) is 0.793. The second-order valence-corrected chi connectivity index (χ2v) is 5.44. The predicted molar refractivity (Wildman–Crippen MR) is 72.8 cm³/mol. The third kappa shape index (κ3) is 2.65. The molecule has 1 aliphatic rings. The Balaban J connectivity index is 1.83. The molecule has 0 aliphatic heterocycles. The van der Waals surface area contributed by atoms with Crippen LogP contribution in [0.1, 0.15) is 43.9 Å². The van der Waals surface area contributed by atoms with Gasteiger partial charge in [0.1, 0.15) is 17.2 Å². The molecule has 1 fully saturated rings. The van der Waals surface area contributed by atoms with Gasteiger partial charge in [0.2, 0.25) is 0 Å². The lowest BCUT2D eigenvalue weighted by atomic mass is 9.97. The summed E-state index contributed by atoms with van der Waals surface area (Å²) in [6.45, 7) is 0. The van der Waals surface area contributed by atoms with Crippen molar-refractivity contribution in [3.63, 3.8) is 0 Å². The highest BCUT2D eigenvalue weighted by Gasteiger charge is 2.23. The van der Waals surface area contributed by atoms with Crippen LogP contribution >= 0.6 is 0 Å². The lowest BCUT2D eigenvalue weighted by molar-refractivity contribution is 0.354. The molecule has 0 bridgehead atoms. The molecule has 1 aromatic heterocycles. The van der Waals surface area contributed by atoms with Crippen molar-refractivity contribution in [3.05, 3.63) is 35.8 Å². The number of halogens is 1. The van der Waals surface area contributed by atoms with Crippen LogP contribution in [0.2, 0.25) is 0 Å². The van der Waals surface area contributed by atoms with E-state index < -0.39 is 0 Å². The molecule has 1 saturated carbocycles. The van der Waals surface area contributed by atoms with Crippen LogP contribution in [0.3, 0.4) is 0 Å². The molecular formula is C15H19FN2O. The van der Waals surface area contributed by atoms with E-state index in [9.17, 15) is 4.39 Å². The molecule has 1 aliphatic carbocycles. The van der Waals surface area contributed by atoms with Gasteiger partial charge in [0.25, 0.3) is 0 Å². The summed E-state index contributed by atoms with van der Waals surface area (Å²) in [6, 6.07) is 6.47. The molecular weight excluding hydrogens is 243 g/mol. The molecule has 3 N–H and O–H groups in total. The fourth-order valence-electron chi connectivity index (χ4n) is 3.05. The Morgan fingerprint density at radius 3 is 2.84 bits per heavy atom. The topological polar surface area (TPSA) is 51.2 Å². The minimum atomic E-state index is -0.243. The van der Waals surface area contributed by atoms with Crippen LogP contribution in [0.25, 0.3) is 11.0 Å². The molecule has 19 heavy (non-hydrogen) atoms. The molecule has 2 aromatic rings. The number of furan rings is 1. The quantitative estimate of drug-likeness (QED) is 0.653. The highest BCUT2D eigenvalue weighted by molar-refractivity contribution is 5.78. The summed E-state index contributed by atoms with van der Waals surface area (Å²) >= 11 is 0. The van der Waals surface area contributed by atoms with E-state index in [4.69, 9.17) is 10.3 Å². The zero-order valence-electron chi connectivity index (χ0n) is 10.9. The van der Waals surface area contributed by atoms with Gasteiger partial charge in [-0.1, -0.05) is 25.7 Å². The summed E-state index contributed by atoms with van der Waals surface area (Å²) in [5.74, 6) is 6.92. The van der Waals surface area contributed by atoms with E-state index in [1.807, 2.05) is 6.07 Å². The van der Waals surface area contributed by atoms with E-state index in [0.29, 0.717) is 11.5 Å². The van der Waals surface area contributed by atoms with Crippen LogP contribution in [0, 0.1) is 11.7 Å². The van der Waals surface area contributed by atoms with E-state index in [1.165, 1.54) is 37.8 Å². The van der Waals surface area contributed by atoms with Crippen molar-refractivity contribution in [2.24, 2.45) is 11.8 Å². The second kappa shape index (κ2) is 5.31. The van der Waals surface area contributed by atoms with Crippen LogP contribution < -0.4 is 11.3 Å². The van der Waals surface area contributed by atoms with Crippen molar-refractivity contribution in [3.8, 4) is 0 Å². The molecule has 1 unspecified atom stereocenters. The first-order valence-electron chi connectivity index (χ1n) is 6.91. The van der Waals surface area contributed by atoms with Gasteiger partial charge in [0.05, 0.1) is 6.04 Å². The Labute approximate surface area is 111 Å². The van der Waals surface area contributed by atoms with Crippen LogP contribution in [0.15, 0.2) is 28.7 Å². The van der Waals surface area contributed by atoms with Gasteiger partial charge in [-0.3, -0.25) is 5.84 Å². The highest BCUT2D eigenvalue weighted by atomic mass is 19.1. The maximum atomic E-state index is 13.2. The molecule has 4 heteroatoms. The summed E-state index contributed by atoms with van der Waals surface area (Å²) < 4.78 is 19.0. The predicted octanol–water partition coefficient (Wildman–Crippen LogP) is 3.66. The number of nitrogens with one attached hydrogen (secondary N) is 1. The molecule has 0 amide bonds. The van der Waals surface area contributed by atoms with E-state index in [0.717, 1.165) is 17.6 Å². The van der Waals surface area contributed by atoms with Crippen molar-refractivity contribution in [2.75, 3.05) is 0 Å². The SMILES string of the molecule is NNC(CC1CCCC1)c1cc2cc(F)ccc2o1. The van der Waals surface area contributed by atoms with Crippen LogP contribution in [0.5, 0.6) is 0 Å². The third-order valence-corrected chi connectivity index (χ3v) is 4.09. The normalized spacial score (nSPS) is 18.2. The monoisotopic (exact) mass is 262 g/mol. The van der Waals surface area contributed by atoms with Gasteiger partial charge in [-0.15, -0.1) is 0 Å². The van der Waals surface area contributed by atoms with Crippen LogP contribution in [0.4, 0.5) is 4.39 Å². The molecule has 3 nitrogen and oxygen atoms in total. The molecule has 3 rings (SSSR count). The number of hydrogen-bond acceptors (Lipinski definition) is 3. The number of benzene rings is 1. The first-order valence-corrected chi connectivity index (χ1v) is 6.91. The summed E-state index contributed by atoms with van der Waals surface area (Å²) in [7, 11) is 0. The van der Waals surface area contributed by atoms with Gasteiger partial charge in [-0.2, -0.15) is 0 Å². The van der Waals surface area contributed by atoms with E-state index in [1.54, 1.807) is 6.07 Å². The van der Waals surface area contributed by atoms with Crippen molar-refractivity contribution >= 4 is 11.0 Å². The summed E-state index contributed by atoms with van der Waals surface area (Å²) in [5.41, 5.74) is 3.54. The first kappa shape index (κ1) is 12.6. The lowest BCUT2D eigenvalue weighted by Crippen LogP contribution is -2.29. The average molecular weight is 262 g/mol. The third-order valence-electron chi connectivity index (χ3n) is 4.09. The Bertz CT molecular complexity index is 560. The van der Waals surface area contributed by atoms with Crippen LogP contribution in [-0.2, 0) is 0 Å². The van der Waals surface area contributed by atoms with E-state index >= 15 is 0 Å². The zero-order valence-corrected chi connectivity index (χ0v) is 10.9. The molecule has 102 valence electrons. The van der Waals surface area contributed by atoms with Gasteiger partial charge < -0.3 is 4.42 Å². The molecule has 1 aromatic carbocycles. The minimum Gasteiger partial charge on any atom is -0.459 e. The summed E-state index contributed by atoms with van der Waals surface area (Å²) in [4.78, 5) is 0. The van der Waals surface area contributed by atoms with Gasteiger partial charge in [-0.05, 0) is 36.6 Å². The number of hydrazine groups is 1. The Hall–Kier alpha value is -1.39. The van der Waals surface area contributed by atoms with Crippen molar-refractivity contribution in [1.82, 2.24) is 5.43 Å². The average Bonchev–Trinajstić information content (AvgIpc) is 3.03. The summed E-state index contributed by atoms with van der Waals surface area (Å²) in [6.07, 6.45) is 6.15. The van der Waals surface area contributed by atoms with Gasteiger partial charge in [0, 0.05) is 5.39 Å². The molecule has 1 atom stereocenters. The highest BCUT2D eigenvalue weighted by Crippen LogP contribution is 2.34. The second-order valence-electron chi connectivity index (χ2n) is 5.44. The van der Waals surface area contributed by atoms with Gasteiger partial charge >= 0.3 is 0 Å². The fourth-order valence-corrected chi connectivity index (χ4v) is 3.05. The van der Waals surface area contributed by atoms with Crippen LogP contribution in [-0.4, -0.2) is 0 Å². The molecule has 1 heterocycles. The van der Waals surface area contributed by atoms with Crippen molar-refractivity contribution in [2.45, 2.75) is 38.1 Å². The minimum absolute atomic E-state index is 0.0126. The largest absolute Gasteiger partial charge is 0.459 e. The standard InChI is InChI=1S/C15H19FN2O/c16-12-5-6-14-11(8-12)9-15(19-14)13(18-17)7-10-3-1-2-4-10/h5-6,8-10,13,18H,1-4,7,17H2. The van der Waals surface area contributed by atoms with E-state index in [2.05, 4.69) is 5.43 Å². The zero-order chi connectivity index (χ0) is 13.2. The Kier molecular flexibility index (Phi) is 3.53. The lowest BCUT2D eigenvalue weighted by Gasteiger charge is -2.17. The molecule has 0 radical (unpaired) electrons. The number of hydrogen-bond donors (Lipinski definition) is 2. The van der Waals surface area contributed by atoms with E-state index in [-0.39, 0.29) is 11.9 Å². The van der Waals surface area contributed by atoms with Crippen molar-refractivity contribution < 1.29 is 8.81 Å². The Morgan fingerprint density at radius 1 is 1.32 bits per heavy atom. The fraction of sp³-hybridized carbons (Fsp3) is 0.467. The molecule has 0 spiro atoms. The number of fused-ring (bicyclic) bond motifs is 1. The first-order chi connectivity index (χ1) is 9.26. The maximum absolute atomic E-state index is 13.2. The number of nitrogens with two attached hydrogens (primary N) is 1. The van der Waals surface area contributed by atoms with Crippen molar-refractivity contribution in [1.29, 1.82) is 0 Å². The van der Waals surface area contributed by atoms with Gasteiger partial charge in [-0.25, -0.2) is 9.82 Å². The Morgan fingerprint density at radius 2 is 2.11 bits per heavy atom.